The molecule has 1 atom stereocenters. The first-order chi connectivity index (χ1) is 10.6. The van der Waals surface area contributed by atoms with Crippen LogP contribution in [0.2, 0.25) is 0 Å². The normalized spacial score (nSPS) is 18.3. The van der Waals surface area contributed by atoms with Crippen LogP contribution in [0.3, 0.4) is 0 Å². The molecule has 1 N–H and O–H groups in total. The van der Waals surface area contributed by atoms with Gasteiger partial charge in [-0.15, -0.1) is 0 Å². The number of carbonyl (C=O) groups is 1. The molecule has 0 aliphatic carbocycles. The van der Waals surface area contributed by atoms with Crippen LogP contribution < -0.4 is 5.56 Å². The van der Waals surface area contributed by atoms with E-state index in [1.54, 1.807) is 30.1 Å². The third-order valence-electron chi connectivity index (χ3n) is 3.88. The lowest BCUT2D eigenvalue weighted by atomic mass is 10.1. The molecule has 6 heteroatoms. The average Bonchev–Trinajstić information content (AvgIpc) is 2.55. The summed E-state index contributed by atoms with van der Waals surface area (Å²) in [4.78, 5) is 33.1. The summed E-state index contributed by atoms with van der Waals surface area (Å²) in [6, 6.07) is 7.16. The fourth-order valence-electron chi connectivity index (χ4n) is 2.69. The van der Waals surface area contributed by atoms with Gasteiger partial charge in [-0.2, -0.15) is 0 Å². The highest BCUT2D eigenvalue weighted by Crippen LogP contribution is 2.15. The van der Waals surface area contributed by atoms with Gasteiger partial charge in [-0.1, -0.05) is 12.1 Å². The zero-order chi connectivity index (χ0) is 15.5. The Morgan fingerprint density at radius 2 is 2.23 bits per heavy atom. The van der Waals surface area contributed by atoms with Crippen LogP contribution in [-0.2, 0) is 16.1 Å². The van der Waals surface area contributed by atoms with Crippen molar-refractivity contribution in [3.05, 3.63) is 40.4 Å². The van der Waals surface area contributed by atoms with Gasteiger partial charge < -0.3 is 14.6 Å². The van der Waals surface area contributed by atoms with Gasteiger partial charge in [0.25, 0.3) is 11.5 Å². The van der Waals surface area contributed by atoms with Gasteiger partial charge in [-0.25, -0.2) is 4.98 Å². The van der Waals surface area contributed by atoms with Crippen LogP contribution in [0.15, 0.2) is 29.1 Å². The van der Waals surface area contributed by atoms with Crippen LogP contribution in [0, 0.1) is 0 Å². The number of likely N-dealkylation sites (N-methyl/N-ethyl adjacent to an activating group) is 1. The molecule has 2 aromatic rings. The summed E-state index contributed by atoms with van der Waals surface area (Å²) in [6.45, 7) is 0.897. The first-order valence-corrected chi connectivity index (χ1v) is 7.49. The van der Waals surface area contributed by atoms with Crippen LogP contribution in [-0.4, -0.2) is 40.5 Å². The first-order valence-electron chi connectivity index (χ1n) is 7.49. The SMILES string of the molecule is CN(Cc1nc2ccccc2c(=O)[nH]1)C(=O)C1CCCCO1. The number of para-hydroxylation sites is 1. The number of ether oxygens (including phenoxy) is 1. The summed E-state index contributed by atoms with van der Waals surface area (Å²) in [7, 11) is 1.70. The van der Waals surface area contributed by atoms with E-state index in [-0.39, 0.29) is 24.1 Å². The van der Waals surface area contributed by atoms with E-state index in [1.807, 2.05) is 6.07 Å². The summed E-state index contributed by atoms with van der Waals surface area (Å²) in [5.41, 5.74) is 0.450. The van der Waals surface area contributed by atoms with Crippen LogP contribution in [0.4, 0.5) is 0 Å². The third kappa shape index (κ3) is 3.01. The minimum atomic E-state index is -0.370. The molecule has 22 heavy (non-hydrogen) atoms. The molecule has 1 unspecified atom stereocenters. The van der Waals surface area contributed by atoms with Crippen molar-refractivity contribution in [2.24, 2.45) is 0 Å². The molecule has 0 saturated carbocycles. The quantitative estimate of drug-likeness (QED) is 0.931. The minimum absolute atomic E-state index is 0.0597. The summed E-state index contributed by atoms with van der Waals surface area (Å²) in [5, 5.41) is 0.552. The molecule has 3 rings (SSSR count). The molecule has 1 aromatic carbocycles. The number of rotatable bonds is 3. The fourth-order valence-corrected chi connectivity index (χ4v) is 2.69. The molecule has 1 aromatic heterocycles. The van der Waals surface area contributed by atoms with Gasteiger partial charge >= 0.3 is 0 Å². The van der Waals surface area contributed by atoms with Crippen molar-refractivity contribution >= 4 is 16.8 Å². The zero-order valence-corrected chi connectivity index (χ0v) is 12.5. The van der Waals surface area contributed by atoms with Gasteiger partial charge in [-0.05, 0) is 31.4 Å². The predicted molar refractivity (Wildman–Crippen MR) is 82.4 cm³/mol. The standard InChI is InChI=1S/C16H19N3O3/c1-19(16(21)13-8-4-5-9-22-13)10-14-17-12-7-3-2-6-11(12)15(20)18-14/h2-3,6-7,13H,4-5,8-10H2,1H3,(H,17,18,20). The van der Waals surface area contributed by atoms with Crippen molar-refractivity contribution in [2.75, 3.05) is 13.7 Å². The van der Waals surface area contributed by atoms with Crippen molar-refractivity contribution in [1.82, 2.24) is 14.9 Å². The van der Waals surface area contributed by atoms with E-state index in [0.29, 0.717) is 23.3 Å². The molecule has 1 aliphatic rings. The number of fused-ring (bicyclic) bond motifs is 1. The number of nitrogens with one attached hydrogen (secondary N) is 1. The Morgan fingerprint density at radius 1 is 1.41 bits per heavy atom. The van der Waals surface area contributed by atoms with E-state index < -0.39 is 0 Å². The summed E-state index contributed by atoms with van der Waals surface area (Å²) in [5.74, 6) is 0.422. The lowest BCUT2D eigenvalue weighted by Crippen LogP contribution is -2.39. The lowest BCUT2D eigenvalue weighted by Gasteiger charge is -2.26. The van der Waals surface area contributed by atoms with Crippen molar-refractivity contribution in [2.45, 2.75) is 31.9 Å². The smallest absolute Gasteiger partial charge is 0.258 e. The van der Waals surface area contributed by atoms with Crippen LogP contribution in [0.1, 0.15) is 25.1 Å². The summed E-state index contributed by atoms with van der Waals surface area (Å²) in [6.07, 6.45) is 2.40. The molecular formula is C16H19N3O3. The molecule has 1 fully saturated rings. The van der Waals surface area contributed by atoms with Gasteiger partial charge in [0.15, 0.2) is 0 Å². The van der Waals surface area contributed by atoms with Crippen molar-refractivity contribution < 1.29 is 9.53 Å². The average molecular weight is 301 g/mol. The fraction of sp³-hybridized carbons (Fsp3) is 0.438. The number of aromatic amines is 1. The van der Waals surface area contributed by atoms with E-state index in [2.05, 4.69) is 9.97 Å². The number of hydrogen-bond donors (Lipinski definition) is 1. The number of aromatic nitrogens is 2. The van der Waals surface area contributed by atoms with Crippen LogP contribution in [0.25, 0.3) is 10.9 Å². The number of amides is 1. The largest absolute Gasteiger partial charge is 0.368 e. The van der Waals surface area contributed by atoms with E-state index in [1.165, 1.54) is 0 Å². The number of nitrogens with zero attached hydrogens (tertiary/aromatic N) is 2. The second-order valence-corrected chi connectivity index (χ2v) is 5.58. The van der Waals surface area contributed by atoms with E-state index in [0.717, 1.165) is 19.3 Å². The van der Waals surface area contributed by atoms with E-state index in [9.17, 15) is 9.59 Å². The maximum absolute atomic E-state index is 12.3. The van der Waals surface area contributed by atoms with Crippen molar-refractivity contribution in [3.63, 3.8) is 0 Å². The minimum Gasteiger partial charge on any atom is -0.368 e. The Labute approximate surface area is 128 Å². The number of hydrogen-bond acceptors (Lipinski definition) is 4. The topological polar surface area (TPSA) is 75.3 Å². The Balaban J connectivity index is 1.77. The van der Waals surface area contributed by atoms with Gasteiger partial charge in [-0.3, -0.25) is 9.59 Å². The Hall–Kier alpha value is -2.21. The lowest BCUT2D eigenvalue weighted by molar-refractivity contribution is -0.145. The molecular weight excluding hydrogens is 282 g/mol. The highest BCUT2D eigenvalue weighted by atomic mass is 16.5. The Kier molecular flexibility index (Phi) is 4.20. The molecule has 1 amide bonds. The molecule has 1 saturated heterocycles. The van der Waals surface area contributed by atoms with Crippen LogP contribution in [0.5, 0.6) is 0 Å². The highest BCUT2D eigenvalue weighted by Gasteiger charge is 2.25. The summed E-state index contributed by atoms with van der Waals surface area (Å²) >= 11 is 0. The first kappa shape index (κ1) is 14.7. The van der Waals surface area contributed by atoms with Crippen LogP contribution >= 0.6 is 0 Å². The Bertz CT molecular complexity index is 735. The maximum atomic E-state index is 12.3. The third-order valence-corrected chi connectivity index (χ3v) is 3.88. The molecule has 6 nitrogen and oxygen atoms in total. The van der Waals surface area contributed by atoms with Gasteiger partial charge in [0, 0.05) is 13.7 Å². The number of H-pyrrole nitrogens is 1. The summed E-state index contributed by atoms with van der Waals surface area (Å²) < 4.78 is 5.51. The molecule has 2 heterocycles. The second kappa shape index (κ2) is 6.27. The Morgan fingerprint density at radius 3 is 3.00 bits per heavy atom. The molecule has 0 bridgehead atoms. The monoisotopic (exact) mass is 301 g/mol. The van der Waals surface area contributed by atoms with Crippen molar-refractivity contribution in [3.8, 4) is 0 Å². The zero-order valence-electron chi connectivity index (χ0n) is 12.5. The van der Waals surface area contributed by atoms with E-state index in [4.69, 9.17) is 4.74 Å². The predicted octanol–water partition coefficient (Wildman–Crippen LogP) is 1.45. The van der Waals surface area contributed by atoms with E-state index >= 15 is 0 Å². The number of carbonyl (C=O) groups excluding carboxylic acids is 1. The maximum Gasteiger partial charge on any atom is 0.258 e. The molecule has 0 radical (unpaired) electrons. The second-order valence-electron chi connectivity index (χ2n) is 5.58. The van der Waals surface area contributed by atoms with Gasteiger partial charge in [0.1, 0.15) is 11.9 Å². The molecule has 116 valence electrons. The van der Waals surface area contributed by atoms with Gasteiger partial charge in [0.2, 0.25) is 0 Å². The van der Waals surface area contributed by atoms with Crippen molar-refractivity contribution in [1.29, 1.82) is 0 Å². The highest BCUT2D eigenvalue weighted by molar-refractivity contribution is 5.81. The van der Waals surface area contributed by atoms with Gasteiger partial charge in [0.05, 0.1) is 17.4 Å². The number of benzene rings is 1. The molecule has 0 spiro atoms. The molecule has 1 aliphatic heterocycles.